The van der Waals surface area contributed by atoms with Crippen molar-refractivity contribution in [3.63, 3.8) is 0 Å². The maximum atomic E-state index is 2.62. The number of hydrogen-bond donors (Lipinski definition) is 0. The van der Waals surface area contributed by atoms with Gasteiger partial charge >= 0.3 is 18.6 Å². The quantitative estimate of drug-likeness (QED) is 0.525. The van der Waals surface area contributed by atoms with Gasteiger partial charge < -0.3 is 60.7 Å². The predicted molar refractivity (Wildman–Crippen MR) is 34.8 cm³/mol. The van der Waals surface area contributed by atoms with Crippen LogP contribution in [-0.4, -0.2) is 0 Å². The van der Waals surface area contributed by atoms with E-state index in [0.29, 0.717) is 0 Å². The Balaban J connectivity index is 0.000000167. The molecule has 1 radical (unpaired) electrons. The molecular weight excluding hydrogens is 171 g/mol. The van der Waals surface area contributed by atoms with Crippen LogP contribution < -0.4 is 0 Å². The zero-order valence-electron chi connectivity index (χ0n) is 5.60. The molecule has 0 saturated carbocycles. The SMILES string of the molecule is [V+2].[c-]1[c-][c-][cH-][c-]1.[c-]1[c-][c-][cH-][c-]1. The molecule has 0 fully saturated rings. The van der Waals surface area contributed by atoms with Crippen molar-refractivity contribution in [2.45, 2.75) is 0 Å². The van der Waals surface area contributed by atoms with Crippen molar-refractivity contribution in [3.8, 4) is 0 Å². The van der Waals surface area contributed by atoms with Crippen molar-refractivity contribution in [1.29, 1.82) is 0 Å². The number of hydrogen-bond acceptors (Lipinski definition) is 0. The van der Waals surface area contributed by atoms with Crippen LogP contribution in [0.25, 0.3) is 0 Å². The first-order valence-electron chi connectivity index (χ1n) is 2.65. The molecule has 0 heterocycles. The van der Waals surface area contributed by atoms with Crippen molar-refractivity contribution in [2.24, 2.45) is 0 Å². The minimum absolute atomic E-state index is 0. The standard InChI is InChI=1S/2C5H.V/c2*1-2-4-5-3-1;/h2*1H;/q2*-5;+2. The van der Waals surface area contributed by atoms with Gasteiger partial charge in [-0.25, -0.2) is 0 Å². The van der Waals surface area contributed by atoms with Crippen LogP contribution in [0.2, 0.25) is 0 Å². The summed E-state index contributed by atoms with van der Waals surface area (Å²) in [6.07, 6.45) is 0. The van der Waals surface area contributed by atoms with Crippen molar-refractivity contribution >= 4 is 0 Å². The van der Waals surface area contributed by atoms with Crippen LogP contribution in [0.5, 0.6) is 0 Å². The molecular formula is C10H2V-8. The third kappa shape index (κ3) is 5.72. The van der Waals surface area contributed by atoms with Crippen LogP contribution in [0.1, 0.15) is 0 Å². The molecule has 0 N–H and O–H groups in total. The first kappa shape index (κ1) is 10.3. The third-order valence-corrected chi connectivity index (χ3v) is 0.702. The second-order valence-electron chi connectivity index (χ2n) is 1.37. The molecule has 2 aromatic rings. The van der Waals surface area contributed by atoms with E-state index < -0.39 is 0 Å². The molecule has 1 heteroatoms. The average Bonchev–Trinajstić information content (AvgIpc) is 2.67. The van der Waals surface area contributed by atoms with E-state index in [0.717, 1.165) is 0 Å². The minimum Gasteiger partial charge on any atom is -0.999 e. The van der Waals surface area contributed by atoms with Gasteiger partial charge in [0.15, 0.2) is 0 Å². The van der Waals surface area contributed by atoms with Gasteiger partial charge in [0.1, 0.15) is 0 Å². The summed E-state index contributed by atoms with van der Waals surface area (Å²) in [7, 11) is 0. The zero-order chi connectivity index (χ0) is 7.07. The molecule has 0 atom stereocenters. The molecule has 2 rings (SSSR count). The Morgan fingerprint density at radius 2 is 0.818 bits per heavy atom. The molecule has 0 amide bonds. The average molecular weight is 173 g/mol. The summed E-state index contributed by atoms with van der Waals surface area (Å²) in [5.74, 6) is 0. The fourth-order valence-corrected chi connectivity index (χ4v) is 0.361. The van der Waals surface area contributed by atoms with E-state index in [1.54, 1.807) is 12.1 Å². The number of rotatable bonds is 0. The maximum Gasteiger partial charge on any atom is 2.00 e. The van der Waals surface area contributed by atoms with Crippen LogP contribution in [0.15, 0.2) is 12.1 Å². The molecule has 0 bridgehead atoms. The van der Waals surface area contributed by atoms with Crippen LogP contribution in [0.4, 0.5) is 0 Å². The predicted octanol–water partition coefficient (Wildman–Crippen LogP) is 1.21. The molecule has 55 valence electrons. The molecule has 0 spiro atoms. The summed E-state index contributed by atoms with van der Waals surface area (Å²) in [4.78, 5) is 0. The van der Waals surface area contributed by atoms with E-state index in [-0.39, 0.29) is 18.6 Å². The second-order valence-corrected chi connectivity index (χ2v) is 1.37. The molecule has 0 aliphatic carbocycles. The monoisotopic (exact) mass is 173 g/mol. The Hall–Kier alpha value is -0.716. The maximum absolute atomic E-state index is 2.62. The van der Waals surface area contributed by atoms with E-state index in [9.17, 15) is 0 Å². The first-order chi connectivity index (χ1) is 5.00. The van der Waals surface area contributed by atoms with Crippen LogP contribution in [0.3, 0.4) is 0 Å². The van der Waals surface area contributed by atoms with E-state index in [2.05, 4.69) is 48.5 Å². The normalized spacial score (nSPS) is 7.27. The van der Waals surface area contributed by atoms with E-state index in [4.69, 9.17) is 0 Å². The Bertz CT molecular complexity index is 144. The molecule has 0 aliphatic rings. The second kappa shape index (κ2) is 7.39. The summed E-state index contributed by atoms with van der Waals surface area (Å²) in [5, 5.41) is 0. The van der Waals surface area contributed by atoms with Crippen LogP contribution in [0, 0.1) is 48.5 Å². The first-order valence-corrected chi connectivity index (χ1v) is 2.65. The van der Waals surface area contributed by atoms with Gasteiger partial charge in [-0.15, -0.1) is 0 Å². The summed E-state index contributed by atoms with van der Waals surface area (Å²) >= 11 is 0. The van der Waals surface area contributed by atoms with Gasteiger partial charge in [0.2, 0.25) is 0 Å². The molecule has 11 heavy (non-hydrogen) atoms. The van der Waals surface area contributed by atoms with Gasteiger partial charge in [0.25, 0.3) is 0 Å². The van der Waals surface area contributed by atoms with E-state index in [1.807, 2.05) is 0 Å². The topological polar surface area (TPSA) is 0 Å². The minimum atomic E-state index is 0. The van der Waals surface area contributed by atoms with Gasteiger partial charge in [-0.3, -0.25) is 0 Å². The van der Waals surface area contributed by atoms with Gasteiger partial charge in [-0.1, -0.05) is 0 Å². The van der Waals surface area contributed by atoms with Gasteiger partial charge in [-0.2, -0.15) is 0 Å². The van der Waals surface area contributed by atoms with Crippen molar-refractivity contribution in [2.75, 3.05) is 0 Å². The van der Waals surface area contributed by atoms with Crippen molar-refractivity contribution < 1.29 is 18.6 Å². The summed E-state index contributed by atoms with van der Waals surface area (Å²) < 4.78 is 0. The fraction of sp³-hybridized carbons (Fsp3) is 0. The summed E-state index contributed by atoms with van der Waals surface area (Å²) in [5.41, 5.74) is 0. The van der Waals surface area contributed by atoms with Crippen molar-refractivity contribution in [1.82, 2.24) is 0 Å². The van der Waals surface area contributed by atoms with Gasteiger partial charge in [0, 0.05) is 0 Å². The summed E-state index contributed by atoms with van der Waals surface area (Å²) in [6.45, 7) is 0. The van der Waals surface area contributed by atoms with Crippen molar-refractivity contribution in [3.05, 3.63) is 60.7 Å². The van der Waals surface area contributed by atoms with E-state index >= 15 is 0 Å². The molecule has 0 aliphatic heterocycles. The largest absolute Gasteiger partial charge is 2.00 e. The van der Waals surface area contributed by atoms with Gasteiger partial charge in [-0.05, 0) is 0 Å². The van der Waals surface area contributed by atoms with Crippen LogP contribution in [-0.2, 0) is 18.6 Å². The Labute approximate surface area is 79.5 Å². The van der Waals surface area contributed by atoms with E-state index in [1.165, 1.54) is 0 Å². The third-order valence-electron chi connectivity index (χ3n) is 0.702. The van der Waals surface area contributed by atoms with Crippen LogP contribution >= 0.6 is 0 Å². The fourth-order valence-electron chi connectivity index (χ4n) is 0.361. The summed E-state index contributed by atoms with van der Waals surface area (Å²) in [6, 6.07) is 24.0. The zero-order valence-corrected chi connectivity index (χ0v) is 7.00. The van der Waals surface area contributed by atoms with Gasteiger partial charge in [0.05, 0.1) is 0 Å². The Morgan fingerprint density at radius 3 is 0.909 bits per heavy atom. The Kier molecular flexibility index (Phi) is 6.91. The molecule has 0 saturated heterocycles. The molecule has 2 aromatic carbocycles. The Morgan fingerprint density at radius 1 is 0.545 bits per heavy atom. The molecule has 0 aromatic heterocycles. The molecule has 0 unspecified atom stereocenters. The smallest absolute Gasteiger partial charge is 0.999 e. The molecule has 0 nitrogen and oxygen atoms in total.